The van der Waals surface area contributed by atoms with Gasteiger partial charge in [0.05, 0.1) is 12.1 Å². The Bertz CT molecular complexity index is 664. The van der Waals surface area contributed by atoms with Crippen LogP contribution >= 0.6 is 0 Å². The van der Waals surface area contributed by atoms with Gasteiger partial charge in [0.15, 0.2) is 11.6 Å². The van der Waals surface area contributed by atoms with Crippen molar-refractivity contribution in [2.45, 2.75) is 12.0 Å². The summed E-state index contributed by atoms with van der Waals surface area (Å²) in [5.74, 6) is -3.55. The molecular weight excluding hydrogens is 284 g/mol. The van der Waals surface area contributed by atoms with Gasteiger partial charge in [-0.2, -0.15) is 0 Å². The summed E-state index contributed by atoms with van der Waals surface area (Å²) < 4.78 is 26.8. The largest absolute Gasteiger partial charge is 0.336 e. The second kappa shape index (κ2) is 4.51. The number of nitrogens with zero attached hydrogens (tertiary/aromatic N) is 1. The summed E-state index contributed by atoms with van der Waals surface area (Å²) in [7, 11) is 0. The van der Waals surface area contributed by atoms with E-state index < -0.39 is 40.6 Å². The molecule has 2 fully saturated rings. The van der Waals surface area contributed by atoms with E-state index >= 15 is 0 Å². The van der Waals surface area contributed by atoms with Gasteiger partial charge in [0.1, 0.15) is 5.54 Å². The number of urea groups is 1. The molecule has 6 nitrogen and oxygen atoms in total. The summed E-state index contributed by atoms with van der Waals surface area (Å²) in [6.45, 7) is 0.0991. The van der Waals surface area contributed by atoms with E-state index in [1.165, 1.54) is 17.0 Å². The summed E-state index contributed by atoms with van der Waals surface area (Å²) in [5.41, 5.74) is -1.56. The highest BCUT2D eigenvalue weighted by Crippen LogP contribution is 2.26. The minimum Gasteiger partial charge on any atom is -0.336 e. The first-order valence-corrected chi connectivity index (χ1v) is 6.30. The van der Waals surface area contributed by atoms with Gasteiger partial charge in [-0.3, -0.25) is 14.9 Å². The number of carbonyl (C=O) groups excluding carboxylic acids is 3. The quantitative estimate of drug-likeness (QED) is 0.736. The normalized spacial score (nSPS) is 24.4. The molecule has 2 heterocycles. The Morgan fingerprint density at radius 3 is 2.71 bits per heavy atom. The smallest absolute Gasteiger partial charge is 0.322 e. The van der Waals surface area contributed by atoms with Crippen molar-refractivity contribution in [1.82, 2.24) is 15.5 Å². The van der Waals surface area contributed by atoms with Gasteiger partial charge < -0.3 is 10.2 Å². The summed E-state index contributed by atoms with van der Waals surface area (Å²) in [6.07, 6.45) is 0.229. The number of nitrogens with one attached hydrogen (secondary N) is 2. The first-order valence-electron chi connectivity index (χ1n) is 6.30. The Morgan fingerprint density at radius 2 is 2.05 bits per heavy atom. The fraction of sp³-hybridized carbons (Fsp3) is 0.308. The van der Waals surface area contributed by atoms with Crippen molar-refractivity contribution in [2.24, 2.45) is 0 Å². The highest BCUT2D eigenvalue weighted by molar-refractivity contribution is 6.08. The standard InChI is InChI=1S/C13H11F2N3O3/c14-8-3-1-2-7(9(8)15)10(19)18-5-4-13(6-18)11(20)16-12(21)17-13/h1-3H,4-6H2,(H2,16,17,20,21). The second-order valence-corrected chi connectivity index (χ2v) is 5.07. The van der Waals surface area contributed by atoms with Crippen LogP contribution in [0.3, 0.4) is 0 Å². The SMILES string of the molecule is O=C1NC(=O)C2(CCN(C(=O)c3cccc(F)c3F)C2)N1. The van der Waals surface area contributed by atoms with E-state index in [9.17, 15) is 23.2 Å². The molecule has 0 aromatic heterocycles. The summed E-state index contributed by atoms with van der Waals surface area (Å²) in [4.78, 5) is 36.4. The first-order chi connectivity index (χ1) is 9.93. The van der Waals surface area contributed by atoms with Gasteiger partial charge in [0.25, 0.3) is 11.8 Å². The lowest BCUT2D eigenvalue weighted by molar-refractivity contribution is -0.123. The Morgan fingerprint density at radius 1 is 1.29 bits per heavy atom. The fourth-order valence-electron chi connectivity index (χ4n) is 2.64. The molecule has 1 aromatic carbocycles. The molecule has 2 N–H and O–H groups in total. The Balaban J connectivity index is 1.83. The molecule has 0 bridgehead atoms. The van der Waals surface area contributed by atoms with E-state index in [2.05, 4.69) is 10.6 Å². The lowest BCUT2D eigenvalue weighted by atomic mass is 9.99. The molecule has 1 atom stereocenters. The highest BCUT2D eigenvalue weighted by Gasteiger charge is 2.51. The molecule has 1 spiro atoms. The van der Waals surface area contributed by atoms with Crippen molar-refractivity contribution in [2.75, 3.05) is 13.1 Å². The molecule has 0 saturated carbocycles. The van der Waals surface area contributed by atoms with E-state index in [1.807, 2.05) is 0 Å². The van der Waals surface area contributed by atoms with Crippen molar-refractivity contribution in [3.05, 3.63) is 35.4 Å². The molecule has 1 unspecified atom stereocenters. The van der Waals surface area contributed by atoms with Crippen molar-refractivity contribution >= 4 is 17.8 Å². The fourth-order valence-corrected chi connectivity index (χ4v) is 2.64. The maximum atomic E-state index is 13.6. The van der Waals surface area contributed by atoms with Crippen LogP contribution in [0.25, 0.3) is 0 Å². The minimum atomic E-state index is -1.22. The van der Waals surface area contributed by atoms with Gasteiger partial charge in [-0.25, -0.2) is 13.6 Å². The number of hydrogen-bond acceptors (Lipinski definition) is 3. The molecule has 0 aliphatic carbocycles. The van der Waals surface area contributed by atoms with E-state index in [0.29, 0.717) is 0 Å². The number of amides is 4. The van der Waals surface area contributed by atoms with Crippen LogP contribution in [0.1, 0.15) is 16.8 Å². The summed E-state index contributed by atoms with van der Waals surface area (Å²) in [5, 5.41) is 4.59. The van der Waals surface area contributed by atoms with Gasteiger partial charge in [-0.05, 0) is 18.6 Å². The Kier molecular flexibility index (Phi) is 2.89. The Hall–Kier alpha value is -2.51. The molecule has 4 amide bonds. The molecule has 0 radical (unpaired) electrons. The lowest BCUT2D eigenvalue weighted by Gasteiger charge is -2.21. The number of imide groups is 1. The van der Waals surface area contributed by atoms with E-state index in [4.69, 9.17) is 0 Å². The molecule has 2 aliphatic heterocycles. The maximum absolute atomic E-state index is 13.6. The number of benzene rings is 1. The Labute approximate surface area is 118 Å². The number of halogens is 2. The molecular formula is C13H11F2N3O3. The molecule has 2 saturated heterocycles. The third-order valence-electron chi connectivity index (χ3n) is 3.75. The van der Waals surface area contributed by atoms with Gasteiger partial charge in [-0.15, -0.1) is 0 Å². The summed E-state index contributed by atoms with van der Waals surface area (Å²) >= 11 is 0. The van der Waals surface area contributed by atoms with Crippen LogP contribution in [0.2, 0.25) is 0 Å². The van der Waals surface area contributed by atoms with Crippen molar-refractivity contribution < 1.29 is 23.2 Å². The average molecular weight is 295 g/mol. The molecule has 1 aromatic rings. The molecule has 2 aliphatic rings. The lowest BCUT2D eigenvalue weighted by Crippen LogP contribution is -2.49. The van der Waals surface area contributed by atoms with Crippen LogP contribution in [-0.4, -0.2) is 41.4 Å². The van der Waals surface area contributed by atoms with Crippen LogP contribution in [0.4, 0.5) is 13.6 Å². The zero-order chi connectivity index (χ0) is 15.2. The van der Waals surface area contributed by atoms with E-state index in [-0.39, 0.29) is 19.5 Å². The van der Waals surface area contributed by atoms with Crippen molar-refractivity contribution in [1.29, 1.82) is 0 Å². The predicted octanol–water partition coefficient (Wildman–Crippen LogP) is 0.389. The third kappa shape index (κ3) is 2.03. The zero-order valence-electron chi connectivity index (χ0n) is 10.8. The number of carbonyl (C=O) groups is 3. The first kappa shape index (κ1) is 13.5. The monoisotopic (exact) mass is 295 g/mol. The van der Waals surface area contributed by atoms with Crippen LogP contribution in [0.15, 0.2) is 18.2 Å². The third-order valence-corrected chi connectivity index (χ3v) is 3.75. The minimum absolute atomic E-state index is 0.0701. The molecule has 110 valence electrons. The zero-order valence-corrected chi connectivity index (χ0v) is 10.8. The number of hydrogen-bond donors (Lipinski definition) is 2. The van der Waals surface area contributed by atoms with Crippen molar-refractivity contribution in [3.8, 4) is 0 Å². The van der Waals surface area contributed by atoms with Gasteiger partial charge in [0.2, 0.25) is 0 Å². The number of rotatable bonds is 1. The summed E-state index contributed by atoms with van der Waals surface area (Å²) in [6, 6.07) is 2.72. The maximum Gasteiger partial charge on any atom is 0.322 e. The average Bonchev–Trinajstić information content (AvgIpc) is 2.97. The van der Waals surface area contributed by atoms with E-state index in [1.54, 1.807) is 0 Å². The van der Waals surface area contributed by atoms with Crippen molar-refractivity contribution in [3.63, 3.8) is 0 Å². The topological polar surface area (TPSA) is 78.5 Å². The predicted molar refractivity (Wildman–Crippen MR) is 66.3 cm³/mol. The van der Waals surface area contributed by atoms with Crippen LogP contribution in [0.5, 0.6) is 0 Å². The van der Waals surface area contributed by atoms with Gasteiger partial charge in [-0.1, -0.05) is 6.07 Å². The molecule has 21 heavy (non-hydrogen) atoms. The molecule has 8 heteroatoms. The van der Waals surface area contributed by atoms with Crippen LogP contribution in [0, 0.1) is 11.6 Å². The number of likely N-dealkylation sites (tertiary alicyclic amines) is 1. The van der Waals surface area contributed by atoms with E-state index in [0.717, 1.165) is 6.07 Å². The van der Waals surface area contributed by atoms with Gasteiger partial charge in [0, 0.05) is 6.54 Å². The van der Waals surface area contributed by atoms with Gasteiger partial charge >= 0.3 is 6.03 Å². The highest BCUT2D eigenvalue weighted by atomic mass is 19.2. The van der Waals surface area contributed by atoms with Crippen LogP contribution in [-0.2, 0) is 4.79 Å². The van der Waals surface area contributed by atoms with Crippen LogP contribution < -0.4 is 10.6 Å². The second-order valence-electron chi connectivity index (χ2n) is 5.07. The molecule has 3 rings (SSSR count).